The summed E-state index contributed by atoms with van der Waals surface area (Å²) in [5.74, 6) is 0.592. The Morgan fingerprint density at radius 1 is 1.05 bits per heavy atom. The SMILES string of the molecule is CC(C)CC1(C(=O)N2CCN(C(=O)CO)CC2)CCCC1. The van der Waals surface area contributed by atoms with Crippen LogP contribution in [0.2, 0.25) is 0 Å². The summed E-state index contributed by atoms with van der Waals surface area (Å²) in [6.07, 6.45) is 5.31. The first-order valence-electron chi connectivity index (χ1n) is 8.16. The quantitative estimate of drug-likeness (QED) is 0.849. The molecule has 1 aliphatic heterocycles. The number of amides is 2. The monoisotopic (exact) mass is 296 g/mol. The molecule has 1 heterocycles. The summed E-state index contributed by atoms with van der Waals surface area (Å²) in [7, 11) is 0. The molecule has 2 aliphatic rings. The number of hydrogen-bond acceptors (Lipinski definition) is 3. The number of nitrogens with zero attached hydrogens (tertiary/aromatic N) is 2. The van der Waals surface area contributed by atoms with Crippen LogP contribution in [0.1, 0.15) is 46.0 Å². The van der Waals surface area contributed by atoms with E-state index in [0.717, 1.165) is 32.1 Å². The number of rotatable bonds is 4. The van der Waals surface area contributed by atoms with E-state index in [2.05, 4.69) is 13.8 Å². The minimum atomic E-state index is -0.439. The van der Waals surface area contributed by atoms with E-state index in [1.807, 2.05) is 4.90 Å². The van der Waals surface area contributed by atoms with Gasteiger partial charge in [0.2, 0.25) is 11.8 Å². The third kappa shape index (κ3) is 3.57. The Balaban J connectivity index is 1.98. The predicted molar refractivity (Wildman–Crippen MR) is 80.6 cm³/mol. The summed E-state index contributed by atoms with van der Waals surface area (Å²) in [5.41, 5.74) is -0.155. The smallest absolute Gasteiger partial charge is 0.248 e. The van der Waals surface area contributed by atoms with Gasteiger partial charge in [-0.05, 0) is 25.2 Å². The second-order valence-electron chi connectivity index (χ2n) is 6.92. The van der Waals surface area contributed by atoms with E-state index in [1.165, 1.54) is 0 Å². The van der Waals surface area contributed by atoms with Crippen LogP contribution in [0.5, 0.6) is 0 Å². The van der Waals surface area contributed by atoms with Crippen LogP contribution in [0, 0.1) is 11.3 Å². The van der Waals surface area contributed by atoms with Gasteiger partial charge in [-0.3, -0.25) is 9.59 Å². The third-order valence-electron chi connectivity index (χ3n) is 4.87. The van der Waals surface area contributed by atoms with Gasteiger partial charge in [0.05, 0.1) is 0 Å². The molecule has 1 saturated heterocycles. The molecule has 21 heavy (non-hydrogen) atoms. The van der Waals surface area contributed by atoms with Crippen molar-refractivity contribution in [3.05, 3.63) is 0 Å². The van der Waals surface area contributed by atoms with Crippen molar-refractivity contribution in [3.63, 3.8) is 0 Å². The van der Waals surface area contributed by atoms with Gasteiger partial charge in [-0.1, -0.05) is 26.7 Å². The molecule has 1 N–H and O–H groups in total. The van der Waals surface area contributed by atoms with Gasteiger partial charge >= 0.3 is 0 Å². The van der Waals surface area contributed by atoms with Gasteiger partial charge in [0.15, 0.2) is 0 Å². The molecule has 5 heteroatoms. The van der Waals surface area contributed by atoms with Gasteiger partial charge in [-0.2, -0.15) is 0 Å². The normalized spacial score (nSPS) is 21.9. The maximum Gasteiger partial charge on any atom is 0.248 e. The van der Waals surface area contributed by atoms with Crippen LogP contribution >= 0.6 is 0 Å². The number of aliphatic hydroxyl groups excluding tert-OH is 1. The zero-order valence-electron chi connectivity index (χ0n) is 13.3. The third-order valence-corrected chi connectivity index (χ3v) is 4.87. The highest BCUT2D eigenvalue weighted by Crippen LogP contribution is 2.44. The second-order valence-corrected chi connectivity index (χ2v) is 6.92. The number of aliphatic hydroxyl groups is 1. The van der Waals surface area contributed by atoms with Gasteiger partial charge in [-0.25, -0.2) is 0 Å². The van der Waals surface area contributed by atoms with E-state index in [1.54, 1.807) is 4.90 Å². The standard InChI is InChI=1S/C16H28N2O3/c1-13(2)11-16(5-3-4-6-16)15(21)18-9-7-17(8-10-18)14(20)12-19/h13,19H,3-12H2,1-2H3. The molecule has 2 amide bonds. The van der Waals surface area contributed by atoms with E-state index in [0.29, 0.717) is 38.0 Å². The molecule has 0 atom stereocenters. The highest BCUT2D eigenvalue weighted by Gasteiger charge is 2.44. The highest BCUT2D eigenvalue weighted by molar-refractivity contribution is 5.83. The summed E-state index contributed by atoms with van der Waals surface area (Å²) in [5, 5.41) is 8.90. The average Bonchev–Trinajstić information content (AvgIpc) is 2.94. The van der Waals surface area contributed by atoms with Gasteiger partial charge in [0, 0.05) is 31.6 Å². The zero-order chi connectivity index (χ0) is 15.5. The summed E-state index contributed by atoms with van der Waals surface area (Å²) in [4.78, 5) is 28.0. The van der Waals surface area contributed by atoms with Crippen molar-refractivity contribution < 1.29 is 14.7 Å². The zero-order valence-corrected chi connectivity index (χ0v) is 13.3. The van der Waals surface area contributed by atoms with Gasteiger partial charge in [0.1, 0.15) is 6.61 Å². The number of piperazine rings is 1. The van der Waals surface area contributed by atoms with Crippen LogP contribution < -0.4 is 0 Å². The van der Waals surface area contributed by atoms with Gasteiger partial charge in [-0.15, -0.1) is 0 Å². The molecule has 2 fully saturated rings. The van der Waals surface area contributed by atoms with Crippen molar-refractivity contribution in [2.24, 2.45) is 11.3 Å². The first-order chi connectivity index (χ1) is 9.98. The van der Waals surface area contributed by atoms with Gasteiger partial charge < -0.3 is 14.9 Å². The van der Waals surface area contributed by atoms with Crippen LogP contribution in [-0.2, 0) is 9.59 Å². The topological polar surface area (TPSA) is 60.9 Å². The van der Waals surface area contributed by atoms with Crippen LogP contribution in [0.15, 0.2) is 0 Å². The Morgan fingerprint density at radius 2 is 1.57 bits per heavy atom. The minimum absolute atomic E-state index is 0.155. The fourth-order valence-corrected chi connectivity index (χ4v) is 3.93. The number of carbonyl (C=O) groups excluding carboxylic acids is 2. The molecule has 0 aromatic rings. The van der Waals surface area contributed by atoms with E-state index in [4.69, 9.17) is 5.11 Å². The lowest BCUT2D eigenvalue weighted by molar-refractivity contribution is -0.148. The van der Waals surface area contributed by atoms with E-state index in [-0.39, 0.29) is 11.3 Å². The van der Waals surface area contributed by atoms with Crippen LogP contribution in [-0.4, -0.2) is 59.5 Å². The highest BCUT2D eigenvalue weighted by atomic mass is 16.3. The van der Waals surface area contributed by atoms with Crippen molar-refractivity contribution in [2.45, 2.75) is 46.0 Å². The Hall–Kier alpha value is -1.10. The van der Waals surface area contributed by atoms with E-state index < -0.39 is 6.61 Å². The summed E-state index contributed by atoms with van der Waals surface area (Å²) >= 11 is 0. The molecule has 0 radical (unpaired) electrons. The summed E-state index contributed by atoms with van der Waals surface area (Å²) < 4.78 is 0. The Kier molecular flexibility index (Phi) is 5.25. The maximum atomic E-state index is 13.0. The lowest BCUT2D eigenvalue weighted by atomic mass is 9.77. The summed E-state index contributed by atoms with van der Waals surface area (Å²) in [6, 6.07) is 0. The van der Waals surface area contributed by atoms with Gasteiger partial charge in [0.25, 0.3) is 0 Å². The van der Waals surface area contributed by atoms with Crippen molar-refractivity contribution in [2.75, 3.05) is 32.8 Å². The average molecular weight is 296 g/mol. The molecular formula is C16H28N2O3. The van der Waals surface area contributed by atoms with Crippen molar-refractivity contribution in [1.29, 1.82) is 0 Å². The fourth-order valence-electron chi connectivity index (χ4n) is 3.93. The lowest BCUT2D eigenvalue weighted by Gasteiger charge is -2.40. The molecule has 1 aliphatic carbocycles. The van der Waals surface area contributed by atoms with Crippen LogP contribution in [0.25, 0.3) is 0 Å². The largest absolute Gasteiger partial charge is 0.387 e. The molecule has 0 aromatic heterocycles. The molecule has 5 nitrogen and oxygen atoms in total. The molecule has 1 saturated carbocycles. The first kappa shape index (κ1) is 16.3. The second kappa shape index (κ2) is 6.77. The molecule has 0 spiro atoms. The molecule has 0 unspecified atom stereocenters. The minimum Gasteiger partial charge on any atom is -0.387 e. The molecular weight excluding hydrogens is 268 g/mol. The fraction of sp³-hybridized carbons (Fsp3) is 0.875. The Labute approximate surface area is 127 Å². The predicted octanol–water partition coefficient (Wildman–Crippen LogP) is 1.26. The summed E-state index contributed by atoms with van der Waals surface area (Å²) in [6.45, 7) is 6.22. The molecule has 2 rings (SSSR count). The van der Waals surface area contributed by atoms with E-state index >= 15 is 0 Å². The van der Waals surface area contributed by atoms with Crippen LogP contribution in [0.4, 0.5) is 0 Å². The van der Waals surface area contributed by atoms with Crippen LogP contribution in [0.3, 0.4) is 0 Å². The number of hydrogen-bond donors (Lipinski definition) is 1. The lowest BCUT2D eigenvalue weighted by Crippen LogP contribution is -2.54. The maximum absolute atomic E-state index is 13.0. The van der Waals surface area contributed by atoms with E-state index in [9.17, 15) is 9.59 Å². The molecule has 0 bridgehead atoms. The Bertz CT molecular complexity index is 381. The Morgan fingerprint density at radius 3 is 2.05 bits per heavy atom. The molecule has 0 aromatic carbocycles. The van der Waals surface area contributed by atoms with Crippen molar-refractivity contribution >= 4 is 11.8 Å². The van der Waals surface area contributed by atoms with Crippen molar-refractivity contribution in [1.82, 2.24) is 9.80 Å². The number of carbonyl (C=O) groups is 2. The molecule has 120 valence electrons. The van der Waals surface area contributed by atoms with Crippen molar-refractivity contribution in [3.8, 4) is 0 Å². The first-order valence-corrected chi connectivity index (χ1v) is 8.16.